The van der Waals surface area contributed by atoms with Crippen LogP contribution in [0, 0.1) is 0 Å². The number of likely N-dealkylation sites (tertiary alicyclic amines) is 1. The summed E-state index contributed by atoms with van der Waals surface area (Å²) in [6, 6.07) is 0.253. The van der Waals surface area contributed by atoms with Crippen molar-refractivity contribution in [2.75, 3.05) is 32.8 Å². The first-order chi connectivity index (χ1) is 12.6. The number of nitrogens with zero attached hydrogens (tertiary/aromatic N) is 2. The van der Waals surface area contributed by atoms with Crippen LogP contribution in [0.5, 0.6) is 0 Å². The van der Waals surface area contributed by atoms with Gasteiger partial charge < -0.3 is 25.4 Å². The number of hydrogen-bond acceptors (Lipinski definition) is 4. The predicted octanol–water partition coefficient (Wildman–Crippen LogP) is 2.64. The van der Waals surface area contributed by atoms with E-state index in [-0.39, 0.29) is 17.7 Å². The quantitative estimate of drug-likeness (QED) is 0.533. The lowest BCUT2D eigenvalue weighted by molar-refractivity contribution is -0.0624. The Labute approximate surface area is 157 Å². The second kappa shape index (κ2) is 10.6. The van der Waals surface area contributed by atoms with Crippen LogP contribution in [-0.2, 0) is 9.47 Å². The number of aliphatic imine (C=N–C) groups is 1. The minimum atomic E-state index is -0.222. The Kier molecular flexibility index (Phi) is 8.48. The predicted molar refractivity (Wildman–Crippen MR) is 103 cm³/mol. The molecule has 1 aliphatic carbocycles. The Morgan fingerprint density at radius 3 is 2.54 bits per heavy atom. The molecule has 0 radical (unpaired) electrons. The number of hydrogen-bond donors (Lipinski definition) is 2. The zero-order chi connectivity index (χ0) is 18.8. The number of nitrogens with one attached hydrogen (secondary N) is 1. The number of rotatable bonds is 7. The van der Waals surface area contributed by atoms with Gasteiger partial charge in [0.15, 0.2) is 5.96 Å². The number of guanidine groups is 1. The maximum Gasteiger partial charge on any atom is 0.409 e. The van der Waals surface area contributed by atoms with Crippen molar-refractivity contribution in [2.45, 2.75) is 76.9 Å². The highest BCUT2D eigenvalue weighted by Gasteiger charge is 2.33. The first-order valence-corrected chi connectivity index (χ1v) is 10.2. The fourth-order valence-corrected chi connectivity index (χ4v) is 3.77. The molecule has 0 aromatic heterocycles. The highest BCUT2D eigenvalue weighted by Crippen LogP contribution is 2.32. The SMILES string of the molecule is CCCOC1(CN=C(N)NC2CCN(C(=O)OCC)CC2)CCCCC1. The summed E-state index contributed by atoms with van der Waals surface area (Å²) in [7, 11) is 0. The molecule has 1 aliphatic heterocycles. The first-order valence-electron chi connectivity index (χ1n) is 10.2. The molecule has 0 aromatic carbocycles. The zero-order valence-electron chi connectivity index (χ0n) is 16.5. The van der Waals surface area contributed by atoms with E-state index in [1.165, 1.54) is 19.3 Å². The monoisotopic (exact) mass is 368 g/mol. The summed E-state index contributed by atoms with van der Waals surface area (Å²) in [5, 5.41) is 3.32. The average molecular weight is 369 g/mol. The van der Waals surface area contributed by atoms with E-state index in [1.54, 1.807) is 4.90 Å². The Bertz CT molecular complexity index is 456. The number of carbonyl (C=O) groups excluding carboxylic acids is 1. The van der Waals surface area contributed by atoms with E-state index in [0.717, 1.165) is 38.7 Å². The summed E-state index contributed by atoms with van der Waals surface area (Å²) < 4.78 is 11.2. The molecule has 26 heavy (non-hydrogen) atoms. The van der Waals surface area contributed by atoms with Crippen molar-refractivity contribution in [3.63, 3.8) is 0 Å². The van der Waals surface area contributed by atoms with Crippen LogP contribution >= 0.6 is 0 Å². The fourth-order valence-electron chi connectivity index (χ4n) is 3.77. The topological polar surface area (TPSA) is 89.2 Å². The van der Waals surface area contributed by atoms with E-state index >= 15 is 0 Å². The van der Waals surface area contributed by atoms with Crippen LogP contribution in [0.3, 0.4) is 0 Å². The van der Waals surface area contributed by atoms with Gasteiger partial charge in [0.25, 0.3) is 0 Å². The summed E-state index contributed by atoms with van der Waals surface area (Å²) in [4.78, 5) is 18.1. The molecule has 2 rings (SSSR count). The molecular weight excluding hydrogens is 332 g/mol. The Balaban J connectivity index is 1.79. The highest BCUT2D eigenvalue weighted by molar-refractivity contribution is 5.78. The molecule has 150 valence electrons. The molecule has 1 saturated carbocycles. The summed E-state index contributed by atoms with van der Waals surface area (Å²) in [5.74, 6) is 0.490. The fraction of sp³-hybridized carbons (Fsp3) is 0.895. The standard InChI is InChI=1S/C19H36N4O3/c1-3-14-26-19(10-6-5-7-11-19)15-21-17(20)22-16-8-12-23(13-9-16)18(24)25-4-2/h16H,3-15H2,1-2H3,(H3,20,21,22). The van der Waals surface area contributed by atoms with Crippen molar-refractivity contribution in [1.82, 2.24) is 10.2 Å². The largest absolute Gasteiger partial charge is 0.450 e. The maximum absolute atomic E-state index is 11.7. The molecule has 0 spiro atoms. The van der Waals surface area contributed by atoms with Crippen molar-refractivity contribution >= 4 is 12.1 Å². The molecule has 0 bridgehead atoms. The smallest absolute Gasteiger partial charge is 0.409 e. The highest BCUT2D eigenvalue weighted by atomic mass is 16.6. The Morgan fingerprint density at radius 2 is 1.92 bits per heavy atom. The van der Waals surface area contributed by atoms with Crippen LogP contribution in [0.15, 0.2) is 4.99 Å². The molecular formula is C19H36N4O3. The molecule has 1 amide bonds. The third kappa shape index (κ3) is 6.34. The molecule has 0 atom stereocenters. The lowest BCUT2D eigenvalue weighted by Gasteiger charge is -2.36. The molecule has 7 heteroatoms. The molecule has 3 N–H and O–H groups in total. The number of ether oxygens (including phenoxy) is 2. The van der Waals surface area contributed by atoms with Gasteiger partial charge in [-0.05, 0) is 39.0 Å². The number of piperidine rings is 1. The second-order valence-corrected chi connectivity index (χ2v) is 7.40. The van der Waals surface area contributed by atoms with E-state index in [1.807, 2.05) is 6.92 Å². The van der Waals surface area contributed by atoms with Crippen molar-refractivity contribution in [3.05, 3.63) is 0 Å². The van der Waals surface area contributed by atoms with Crippen LogP contribution in [0.25, 0.3) is 0 Å². The lowest BCUT2D eigenvalue weighted by atomic mass is 9.84. The average Bonchev–Trinajstić information content (AvgIpc) is 2.66. The van der Waals surface area contributed by atoms with Crippen LogP contribution in [0.1, 0.15) is 65.2 Å². The minimum Gasteiger partial charge on any atom is -0.450 e. The molecule has 0 unspecified atom stereocenters. The summed E-state index contributed by atoms with van der Waals surface area (Å²) in [6.45, 7) is 7.17. The first kappa shape index (κ1) is 20.8. The van der Waals surface area contributed by atoms with Crippen LogP contribution in [-0.4, -0.2) is 61.4 Å². The third-order valence-electron chi connectivity index (χ3n) is 5.29. The van der Waals surface area contributed by atoms with Gasteiger partial charge in [-0.3, -0.25) is 4.99 Å². The Morgan fingerprint density at radius 1 is 1.23 bits per heavy atom. The Hall–Kier alpha value is -1.50. The van der Waals surface area contributed by atoms with E-state index < -0.39 is 0 Å². The van der Waals surface area contributed by atoms with Gasteiger partial charge in [-0.15, -0.1) is 0 Å². The van der Waals surface area contributed by atoms with E-state index in [0.29, 0.717) is 32.2 Å². The molecule has 0 aromatic rings. The zero-order valence-corrected chi connectivity index (χ0v) is 16.5. The van der Waals surface area contributed by atoms with Crippen LogP contribution in [0.2, 0.25) is 0 Å². The summed E-state index contributed by atoms with van der Waals surface area (Å²) in [6.07, 6.45) is 8.35. The number of nitrogens with two attached hydrogens (primary N) is 1. The maximum atomic E-state index is 11.7. The van der Waals surface area contributed by atoms with Gasteiger partial charge in [0, 0.05) is 25.7 Å². The van der Waals surface area contributed by atoms with Crippen LogP contribution < -0.4 is 11.1 Å². The van der Waals surface area contributed by atoms with Gasteiger partial charge in [-0.2, -0.15) is 0 Å². The van der Waals surface area contributed by atoms with Crippen molar-refractivity contribution in [3.8, 4) is 0 Å². The molecule has 2 aliphatic rings. The number of carbonyl (C=O) groups is 1. The van der Waals surface area contributed by atoms with E-state index in [4.69, 9.17) is 15.2 Å². The van der Waals surface area contributed by atoms with Gasteiger partial charge in [-0.1, -0.05) is 26.2 Å². The summed E-state index contributed by atoms with van der Waals surface area (Å²) in [5.41, 5.74) is 6.00. The van der Waals surface area contributed by atoms with Crippen molar-refractivity contribution < 1.29 is 14.3 Å². The van der Waals surface area contributed by atoms with Gasteiger partial charge >= 0.3 is 6.09 Å². The molecule has 1 saturated heterocycles. The second-order valence-electron chi connectivity index (χ2n) is 7.40. The van der Waals surface area contributed by atoms with E-state index in [2.05, 4.69) is 17.2 Å². The lowest BCUT2D eigenvalue weighted by Crippen LogP contribution is -2.49. The summed E-state index contributed by atoms with van der Waals surface area (Å²) >= 11 is 0. The van der Waals surface area contributed by atoms with Gasteiger partial charge in [-0.25, -0.2) is 4.79 Å². The number of amides is 1. The third-order valence-corrected chi connectivity index (χ3v) is 5.29. The van der Waals surface area contributed by atoms with Gasteiger partial charge in [0.05, 0.1) is 18.8 Å². The van der Waals surface area contributed by atoms with Gasteiger partial charge in [0.1, 0.15) is 0 Å². The molecule has 2 fully saturated rings. The van der Waals surface area contributed by atoms with Crippen molar-refractivity contribution in [2.24, 2.45) is 10.7 Å². The van der Waals surface area contributed by atoms with E-state index in [9.17, 15) is 4.79 Å². The van der Waals surface area contributed by atoms with Gasteiger partial charge in [0.2, 0.25) is 0 Å². The van der Waals surface area contributed by atoms with Crippen LogP contribution in [0.4, 0.5) is 4.79 Å². The minimum absolute atomic E-state index is 0.131. The van der Waals surface area contributed by atoms with Crippen molar-refractivity contribution in [1.29, 1.82) is 0 Å². The molecule has 7 nitrogen and oxygen atoms in total. The molecule has 1 heterocycles. The normalized spacial score (nSPS) is 21.5.